The summed E-state index contributed by atoms with van der Waals surface area (Å²) in [4.78, 5) is 0. The molecule has 2 nitrogen and oxygen atoms in total. The Bertz CT molecular complexity index is 1290. The monoisotopic (exact) mass is 504 g/mol. The minimum atomic E-state index is -0.133. The maximum atomic E-state index is 5.92. The summed E-state index contributed by atoms with van der Waals surface area (Å²) in [5.74, 6) is 0. The number of unbranched alkanes of at least 4 members (excludes halogenated alkanes) is 3. The largest absolute Gasteiger partial charge is 0.371 e. The van der Waals surface area contributed by atoms with Crippen molar-refractivity contribution >= 4 is 12.2 Å². The van der Waals surface area contributed by atoms with Gasteiger partial charge in [-0.05, 0) is 72.2 Å². The van der Waals surface area contributed by atoms with E-state index in [1.807, 2.05) is 0 Å². The van der Waals surface area contributed by atoms with Crippen LogP contribution >= 0.6 is 0 Å². The molecule has 3 aromatic carbocycles. The average molecular weight is 505 g/mol. The smallest absolute Gasteiger partial charge is 0.169 e. The van der Waals surface area contributed by atoms with E-state index in [4.69, 9.17) is 4.74 Å². The molecule has 0 aliphatic heterocycles. The lowest BCUT2D eigenvalue weighted by molar-refractivity contribution is -0.697. The molecular weight excluding hydrogens is 462 g/mol. The highest BCUT2D eigenvalue weighted by Gasteiger charge is 2.10. The van der Waals surface area contributed by atoms with Crippen molar-refractivity contribution in [1.82, 2.24) is 0 Å². The number of benzene rings is 3. The first-order valence-electron chi connectivity index (χ1n) is 14.0. The Morgan fingerprint density at radius 1 is 0.658 bits per heavy atom. The van der Waals surface area contributed by atoms with E-state index in [0.29, 0.717) is 6.61 Å². The minimum absolute atomic E-state index is 0.133. The second-order valence-electron chi connectivity index (χ2n) is 11.1. The summed E-state index contributed by atoms with van der Waals surface area (Å²) < 4.78 is 8.21. The summed E-state index contributed by atoms with van der Waals surface area (Å²) in [6, 6.07) is 30.6. The molecule has 1 heterocycles. The van der Waals surface area contributed by atoms with Crippen molar-refractivity contribution in [3.63, 3.8) is 0 Å². The summed E-state index contributed by atoms with van der Waals surface area (Å²) in [7, 11) is 0. The number of nitrogens with zero attached hydrogens (tertiary/aromatic N) is 1. The molecule has 4 rings (SSSR count). The number of aromatic nitrogens is 1. The zero-order chi connectivity index (χ0) is 26.8. The number of rotatable bonds is 11. The normalized spacial score (nSPS) is 11.8. The van der Waals surface area contributed by atoms with Gasteiger partial charge in [0.15, 0.2) is 12.4 Å². The molecule has 0 bridgehead atoms. The van der Waals surface area contributed by atoms with Crippen molar-refractivity contribution in [3.05, 3.63) is 114 Å². The lowest BCUT2D eigenvalue weighted by Gasteiger charge is -2.19. The van der Waals surface area contributed by atoms with Crippen molar-refractivity contribution in [1.29, 1.82) is 0 Å². The highest BCUT2D eigenvalue weighted by atomic mass is 16.5. The highest BCUT2D eigenvalue weighted by molar-refractivity contribution is 5.73. The molecule has 0 aliphatic carbocycles. The zero-order valence-electron chi connectivity index (χ0n) is 23.5. The molecule has 0 radical (unpaired) electrons. The van der Waals surface area contributed by atoms with Gasteiger partial charge in [-0.2, -0.15) is 0 Å². The van der Waals surface area contributed by atoms with Crippen LogP contribution in [0.2, 0.25) is 0 Å². The van der Waals surface area contributed by atoms with Crippen LogP contribution in [0.4, 0.5) is 0 Å². The van der Waals surface area contributed by atoms with Gasteiger partial charge >= 0.3 is 0 Å². The molecule has 0 spiro atoms. The van der Waals surface area contributed by atoms with Crippen LogP contribution in [0, 0.1) is 0 Å². The second-order valence-corrected chi connectivity index (χ2v) is 11.1. The first kappa shape index (κ1) is 27.5. The topological polar surface area (TPSA) is 13.1 Å². The molecule has 0 N–H and O–H groups in total. The summed E-state index contributed by atoms with van der Waals surface area (Å²) in [5, 5.41) is 0. The Morgan fingerprint density at radius 3 is 1.84 bits per heavy atom. The van der Waals surface area contributed by atoms with Crippen molar-refractivity contribution in [2.75, 3.05) is 0 Å². The molecule has 0 fully saturated rings. The molecular formula is C36H42NO+. The molecule has 0 aliphatic rings. The zero-order valence-corrected chi connectivity index (χ0v) is 23.5. The van der Waals surface area contributed by atoms with Crippen LogP contribution in [-0.4, -0.2) is 5.60 Å². The Hall–Kier alpha value is -3.49. The molecule has 38 heavy (non-hydrogen) atoms. The van der Waals surface area contributed by atoms with Crippen molar-refractivity contribution < 1.29 is 9.30 Å². The van der Waals surface area contributed by atoms with Crippen LogP contribution in [0.1, 0.15) is 70.1 Å². The standard InChI is InChI=1S/C36H42NO/c1-5-6-7-8-24-37-25-22-35(23-26-37)34-20-18-33(19-21-34)32-16-14-29(15-17-32)12-13-30-10-9-11-31(27-30)28-38-36(2,3)4/h9-23,25-27H,5-8,24,28H2,1-4H3/q+1/b13-12+. The Balaban J connectivity index is 1.35. The SMILES string of the molecule is CCCCCC[n+]1ccc(-c2ccc(-c3ccc(/C=C/c4cccc(COC(C)(C)C)c4)cc3)cc2)cc1. The van der Waals surface area contributed by atoms with E-state index in [1.165, 1.54) is 64.6 Å². The lowest BCUT2D eigenvalue weighted by Crippen LogP contribution is -2.32. The van der Waals surface area contributed by atoms with Gasteiger partial charge in [-0.1, -0.05) is 98.6 Å². The number of ether oxygens (including phenoxy) is 1. The van der Waals surface area contributed by atoms with E-state index < -0.39 is 0 Å². The van der Waals surface area contributed by atoms with Gasteiger partial charge in [-0.15, -0.1) is 0 Å². The Morgan fingerprint density at radius 2 is 1.24 bits per heavy atom. The summed E-state index contributed by atoms with van der Waals surface area (Å²) >= 11 is 0. The van der Waals surface area contributed by atoms with Crippen LogP contribution in [0.3, 0.4) is 0 Å². The second kappa shape index (κ2) is 13.3. The lowest BCUT2D eigenvalue weighted by atomic mass is 10.00. The van der Waals surface area contributed by atoms with Crippen LogP contribution in [0.15, 0.2) is 97.3 Å². The maximum Gasteiger partial charge on any atom is 0.169 e. The van der Waals surface area contributed by atoms with Gasteiger partial charge in [0.05, 0.1) is 12.2 Å². The predicted octanol–water partition coefficient (Wildman–Crippen LogP) is 9.37. The van der Waals surface area contributed by atoms with E-state index in [2.05, 4.69) is 142 Å². The van der Waals surface area contributed by atoms with E-state index in [-0.39, 0.29) is 5.60 Å². The molecule has 0 amide bonds. The third kappa shape index (κ3) is 8.53. The third-order valence-electron chi connectivity index (χ3n) is 6.71. The van der Waals surface area contributed by atoms with E-state index in [9.17, 15) is 0 Å². The van der Waals surface area contributed by atoms with Gasteiger partial charge in [-0.3, -0.25) is 0 Å². The molecule has 0 unspecified atom stereocenters. The van der Waals surface area contributed by atoms with Crippen LogP contribution < -0.4 is 4.57 Å². The first-order valence-corrected chi connectivity index (χ1v) is 14.0. The number of aryl methyl sites for hydroxylation is 1. The fourth-order valence-electron chi connectivity index (χ4n) is 4.44. The first-order chi connectivity index (χ1) is 18.4. The quantitative estimate of drug-likeness (QED) is 0.113. The highest BCUT2D eigenvalue weighted by Crippen LogP contribution is 2.25. The van der Waals surface area contributed by atoms with Gasteiger partial charge < -0.3 is 4.74 Å². The van der Waals surface area contributed by atoms with Crippen LogP contribution in [0.5, 0.6) is 0 Å². The van der Waals surface area contributed by atoms with E-state index in [1.54, 1.807) is 0 Å². The van der Waals surface area contributed by atoms with Crippen LogP contribution in [-0.2, 0) is 17.9 Å². The van der Waals surface area contributed by atoms with Gasteiger partial charge in [0.2, 0.25) is 0 Å². The average Bonchev–Trinajstić information content (AvgIpc) is 2.94. The van der Waals surface area contributed by atoms with E-state index >= 15 is 0 Å². The number of hydrogen-bond acceptors (Lipinski definition) is 1. The molecule has 196 valence electrons. The fourth-order valence-corrected chi connectivity index (χ4v) is 4.44. The molecule has 0 saturated carbocycles. The molecule has 4 aromatic rings. The number of hydrogen-bond donors (Lipinski definition) is 0. The van der Waals surface area contributed by atoms with Gasteiger partial charge in [0, 0.05) is 18.6 Å². The summed E-state index contributed by atoms with van der Waals surface area (Å²) in [6.45, 7) is 10.2. The summed E-state index contributed by atoms with van der Waals surface area (Å²) in [5.41, 5.74) is 8.41. The third-order valence-corrected chi connectivity index (χ3v) is 6.71. The van der Waals surface area contributed by atoms with Gasteiger partial charge in [0.1, 0.15) is 6.54 Å². The van der Waals surface area contributed by atoms with Crippen molar-refractivity contribution in [2.24, 2.45) is 0 Å². The minimum Gasteiger partial charge on any atom is -0.371 e. The summed E-state index contributed by atoms with van der Waals surface area (Å²) in [6.07, 6.45) is 13.9. The molecule has 2 heteroatoms. The van der Waals surface area contributed by atoms with Gasteiger partial charge in [0.25, 0.3) is 0 Å². The maximum absolute atomic E-state index is 5.92. The molecule has 0 saturated heterocycles. The van der Waals surface area contributed by atoms with Crippen molar-refractivity contribution in [3.8, 4) is 22.3 Å². The van der Waals surface area contributed by atoms with Crippen LogP contribution in [0.25, 0.3) is 34.4 Å². The number of pyridine rings is 1. The predicted molar refractivity (Wildman–Crippen MR) is 162 cm³/mol. The molecule has 1 aromatic heterocycles. The van der Waals surface area contributed by atoms with E-state index in [0.717, 1.165) is 6.54 Å². The Labute approximate surface area is 229 Å². The Kier molecular flexibility index (Phi) is 9.67. The van der Waals surface area contributed by atoms with Crippen molar-refractivity contribution in [2.45, 2.75) is 72.1 Å². The molecule has 0 atom stereocenters. The van der Waals surface area contributed by atoms with Gasteiger partial charge in [-0.25, -0.2) is 4.57 Å². The fraction of sp³-hybridized carbons (Fsp3) is 0.306.